The molecule has 3 aliphatic rings. The smallest absolute Gasteiger partial charge is 0.186 e. The second kappa shape index (κ2) is 6.83. The van der Waals surface area contributed by atoms with Crippen LogP contribution < -0.4 is 10.7 Å². The van der Waals surface area contributed by atoms with Crippen molar-refractivity contribution in [2.45, 2.75) is 33.1 Å². The van der Waals surface area contributed by atoms with Gasteiger partial charge < -0.3 is 5.32 Å². The molecule has 4 heteroatoms. The third-order valence-electron chi connectivity index (χ3n) is 5.43. The molecule has 4 rings (SSSR count). The van der Waals surface area contributed by atoms with Crippen molar-refractivity contribution in [1.82, 2.24) is 10.7 Å². The summed E-state index contributed by atoms with van der Waals surface area (Å²) >= 11 is 5.27. The number of hydrogen-bond donors (Lipinski definition) is 2. The number of nitrogens with one attached hydrogen (secondary N) is 2. The standard InChI is InChI=1S/C19H25N3S/c1-19(2)16-9-8-15(17(19)12-16)13-21-22-18(23)20-11-10-14-6-4-3-5-7-14/h3-8,13,16-17H,9-12H2,1-2H3,(H2,20,22,23)/b21-13-/t16-,17-/m1/s1. The molecule has 2 bridgehead atoms. The number of hydrogen-bond acceptors (Lipinski definition) is 2. The van der Waals surface area contributed by atoms with E-state index in [9.17, 15) is 0 Å². The van der Waals surface area contributed by atoms with Crippen LogP contribution in [-0.4, -0.2) is 17.9 Å². The van der Waals surface area contributed by atoms with Crippen LogP contribution in [0.5, 0.6) is 0 Å². The van der Waals surface area contributed by atoms with Gasteiger partial charge in [-0.05, 0) is 59.9 Å². The summed E-state index contributed by atoms with van der Waals surface area (Å²) in [6.45, 7) is 5.55. The van der Waals surface area contributed by atoms with E-state index in [4.69, 9.17) is 12.2 Å². The molecule has 23 heavy (non-hydrogen) atoms. The Labute approximate surface area is 144 Å². The first-order chi connectivity index (χ1) is 11.1. The minimum atomic E-state index is 0.435. The van der Waals surface area contributed by atoms with E-state index in [1.807, 2.05) is 12.3 Å². The van der Waals surface area contributed by atoms with Gasteiger partial charge >= 0.3 is 0 Å². The van der Waals surface area contributed by atoms with Crippen LogP contribution in [0.25, 0.3) is 0 Å². The summed E-state index contributed by atoms with van der Waals surface area (Å²) in [5, 5.41) is 8.09. The molecule has 0 heterocycles. The second-order valence-corrected chi connectivity index (χ2v) is 7.52. The molecule has 122 valence electrons. The lowest BCUT2D eigenvalue weighted by Gasteiger charge is -2.55. The number of rotatable bonds is 5. The number of fused-ring (bicyclic) bond motifs is 1. The lowest BCUT2D eigenvalue weighted by molar-refractivity contribution is -0.00126. The van der Waals surface area contributed by atoms with Crippen LogP contribution in [0.4, 0.5) is 0 Å². The quantitative estimate of drug-likeness (QED) is 0.492. The fourth-order valence-electron chi connectivity index (χ4n) is 3.71. The molecule has 0 spiro atoms. The zero-order chi connectivity index (χ0) is 16.3. The molecular formula is C19H25N3S. The fourth-order valence-corrected chi connectivity index (χ4v) is 3.87. The Balaban J connectivity index is 1.40. The molecule has 1 aromatic rings. The van der Waals surface area contributed by atoms with Gasteiger partial charge in [-0.3, -0.25) is 5.43 Å². The van der Waals surface area contributed by atoms with E-state index in [1.54, 1.807) is 0 Å². The van der Waals surface area contributed by atoms with Gasteiger partial charge in [-0.15, -0.1) is 0 Å². The molecule has 2 N–H and O–H groups in total. The van der Waals surface area contributed by atoms with E-state index < -0.39 is 0 Å². The van der Waals surface area contributed by atoms with Gasteiger partial charge in [-0.1, -0.05) is 50.3 Å². The maximum Gasteiger partial charge on any atom is 0.186 e. The minimum absolute atomic E-state index is 0.435. The summed E-state index contributed by atoms with van der Waals surface area (Å²) in [4.78, 5) is 0. The third kappa shape index (κ3) is 3.63. The van der Waals surface area contributed by atoms with Crippen LogP contribution in [0.2, 0.25) is 0 Å². The van der Waals surface area contributed by atoms with E-state index in [0.29, 0.717) is 16.4 Å². The number of nitrogens with zero attached hydrogens (tertiary/aromatic N) is 1. The number of benzene rings is 1. The minimum Gasteiger partial charge on any atom is -0.361 e. The monoisotopic (exact) mass is 327 g/mol. The van der Waals surface area contributed by atoms with Crippen LogP contribution in [0.3, 0.4) is 0 Å². The van der Waals surface area contributed by atoms with Crippen LogP contribution in [0.15, 0.2) is 47.1 Å². The first-order valence-corrected chi connectivity index (χ1v) is 8.79. The number of hydrazone groups is 1. The van der Waals surface area contributed by atoms with Crippen molar-refractivity contribution in [1.29, 1.82) is 0 Å². The Hall–Kier alpha value is -1.68. The molecule has 0 unspecified atom stereocenters. The van der Waals surface area contributed by atoms with Gasteiger partial charge in [-0.25, -0.2) is 0 Å². The highest BCUT2D eigenvalue weighted by Crippen LogP contribution is 2.58. The molecule has 1 saturated carbocycles. The molecule has 0 aromatic heterocycles. The van der Waals surface area contributed by atoms with Crippen molar-refractivity contribution in [3.8, 4) is 0 Å². The summed E-state index contributed by atoms with van der Waals surface area (Å²) in [6, 6.07) is 10.4. The Morgan fingerprint density at radius 2 is 2.13 bits per heavy atom. The average Bonchev–Trinajstić information content (AvgIpc) is 2.56. The van der Waals surface area contributed by atoms with Crippen LogP contribution in [0.1, 0.15) is 32.3 Å². The first kappa shape index (κ1) is 16.2. The van der Waals surface area contributed by atoms with Crippen LogP contribution in [0, 0.1) is 17.3 Å². The lowest BCUT2D eigenvalue weighted by atomic mass is 9.49. The molecule has 0 amide bonds. The van der Waals surface area contributed by atoms with Crippen molar-refractivity contribution in [3.05, 3.63) is 47.5 Å². The molecule has 3 aliphatic carbocycles. The maximum atomic E-state index is 5.27. The zero-order valence-electron chi connectivity index (χ0n) is 13.9. The third-order valence-corrected chi connectivity index (χ3v) is 5.67. The second-order valence-electron chi connectivity index (χ2n) is 7.11. The molecule has 2 atom stereocenters. The topological polar surface area (TPSA) is 36.4 Å². The van der Waals surface area contributed by atoms with Gasteiger partial charge in [0.25, 0.3) is 0 Å². The van der Waals surface area contributed by atoms with E-state index in [0.717, 1.165) is 18.9 Å². The molecule has 0 saturated heterocycles. The summed E-state index contributed by atoms with van der Waals surface area (Å²) in [5.74, 6) is 1.52. The predicted molar refractivity (Wildman–Crippen MR) is 100 cm³/mol. The van der Waals surface area contributed by atoms with E-state index in [-0.39, 0.29) is 0 Å². The van der Waals surface area contributed by atoms with E-state index in [1.165, 1.54) is 24.0 Å². The molecule has 3 nitrogen and oxygen atoms in total. The molecular weight excluding hydrogens is 302 g/mol. The summed E-state index contributed by atoms with van der Waals surface area (Å²) < 4.78 is 0. The largest absolute Gasteiger partial charge is 0.361 e. The molecule has 1 aromatic carbocycles. The van der Waals surface area contributed by atoms with Crippen LogP contribution in [-0.2, 0) is 6.42 Å². The van der Waals surface area contributed by atoms with Gasteiger partial charge in [0.05, 0.1) is 6.21 Å². The van der Waals surface area contributed by atoms with Gasteiger partial charge in [0, 0.05) is 6.54 Å². The summed E-state index contributed by atoms with van der Waals surface area (Å²) in [5.41, 5.74) is 6.03. The van der Waals surface area contributed by atoms with Gasteiger partial charge in [0.2, 0.25) is 0 Å². The predicted octanol–water partition coefficient (Wildman–Crippen LogP) is 3.67. The fraction of sp³-hybridized carbons (Fsp3) is 0.474. The average molecular weight is 327 g/mol. The lowest BCUT2D eigenvalue weighted by Crippen LogP contribution is -2.48. The molecule has 0 radical (unpaired) electrons. The highest BCUT2D eigenvalue weighted by molar-refractivity contribution is 7.80. The SMILES string of the molecule is CC1(C)[C@@H]2CC=C(/C=N\NC(=S)NCCc3ccccc3)[C@H]1C2. The van der Waals surface area contributed by atoms with Crippen molar-refractivity contribution >= 4 is 23.5 Å². The normalized spacial score (nSPS) is 24.7. The Kier molecular flexibility index (Phi) is 4.81. The summed E-state index contributed by atoms with van der Waals surface area (Å²) in [6.07, 6.45) is 7.73. The first-order valence-electron chi connectivity index (χ1n) is 8.38. The van der Waals surface area contributed by atoms with E-state index in [2.05, 4.69) is 60.0 Å². The Morgan fingerprint density at radius 1 is 1.35 bits per heavy atom. The van der Waals surface area contributed by atoms with Crippen molar-refractivity contribution < 1.29 is 0 Å². The van der Waals surface area contributed by atoms with Crippen LogP contribution >= 0.6 is 12.2 Å². The maximum absolute atomic E-state index is 5.27. The number of allylic oxidation sites excluding steroid dienone is 2. The highest BCUT2D eigenvalue weighted by Gasteiger charge is 2.50. The van der Waals surface area contributed by atoms with Crippen molar-refractivity contribution in [2.75, 3.05) is 6.54 Å². The van der Waals surface area contributed by atoms with Gasteiger partial charge in [0.15, 0.2) is 5.11 Å². The highest BCUT2D eigenvalue weighted by atomic mass is 32.1. The summed E-state index contributed by atoms with van der Waals surface area (Å²) in [7, 11) is 0. The Bertz CT molecular complexity index is 619. The molecule has 0 aliphatic heterocycles. The zero-order valence-corrected chi connectivity index (χ0v) is 14.7. The Morgan fingerprint density at radius 3 is 2.83 bits per heavy atom. The van der Waals surface area contributed by atoms with Crippen molar-refractivity contribution in [3.63, 3.8) is 0 Å². The van der Waals surface area contributed by atoms with Gasteiger partial charge in [-0.2, -0.15) is 5.10 Å². The van der Waals surface area contributed by atoms with Crippen molar-refractivity contribution in [2.24, 2.45) is 22.4 Å². The van der Waals surface area contributed by atoms with E-state index >= 15 is 0 Å². The van der Waals surface area contributed by atoms with Gasteiger partial charge in [0.1, 0.15) is 0 Å². The number of thiocarbonyl (C=S) groups is 1. The molecule has 1 fully saturated rings.